The highest BCUT2D eigenvalue weighted by Crippen LogP contribution is 2.34. The minimum absolute atomic E-state index is 0.0752. The number of anilines is 1. The van der Waals surface area contributed by atoms with E-state index in [2.05, 4.69) is 0 Å². The lowest BCUT2D eigenvalue weighted by Crippen LogP contribution is -2.45. The average Bonchev–Trinajstić information content (AvgIpc) is 2.54. The summed E-state index contributed by atoms with van der Waals surface area (Å²) < 4.78 is 4.84. The molecule has 0 saturated carbocycles. The Balaban J connectivity index is 2.43. The normalized spacial score (nSPS) is 17.6. The molecule has 1 fully saturated rings. The minimum Gasteiger partial charge on any atom is -0.480 e. The van der Waals surface area contributed by atoms with Gasteiger partial charge in [-0.25, -0.2) is 9.59 Å². The number of nitrogens with zero attached hydrogens (tertiary/aromatic N) is 2. The molecule has 1 aromatic carbocycles. The Kier molecular flexibility index (Phi) is 5.15. The van der Waals surface area contributed by atoms with E-state index in [1.54, 1.807) is 6.92 Å². The minimum atomic E-state index is -1.01. The Morgan fingerprint density at radius 3 is 2.78 bits per heavy atom. The van der Waals surface area contributed by atoms with E-state index in [9.17, 15) is 24.8 Å². The highest BCUT2D eigenvalue weighted by molar-refractivity contribution is 5.92. The molecule has 8 heteroatoms. The Hall–Kier alpha value is -2.64. The van der Waals surface area contributed by atoms with Gasteiger partial charge in [-0.2, -0.15) is 0 Å². The van der Waals surface area contributed by atoms with Crippen LogP contribution in [0.5, 0.6) is 0 Å². The van der Waals surface area contributed by atoms with Crippen molar-refractivity contribution in [2.45, 2.75) is 32.2 Å². The van der Waals surface area contributed by atoms with Crippen molar-refractivity contribution in [1.29, 1.82) is 0 Å². The van der Waals surface area contributed by atoms with Gasteiger partial charge in [0.1, 0.15) is 11.7 Å². The lowest BCUT2D eigenvalue weighted by molar-refractivity contribution is -0.384. The van der Waals surface area contributed by atoms with Crippen LogP contribution in [0.1, 0.15) is 36.5 Å². The smallest absolute Gasteiger partial charge is 0.338 e. The van der Waals surface area contributed by atoms with E-state index in [0.717, 1.165) is 18.9 Å². The first kappa shape index (κ1) is 16.7. The van der Waals surface area contributed by atoms with Crippen LogP contribution in [-0.2, 0) is 9.53 Å². The largest absolute Gasteiger partial charge is 0.480 e. The lowest BCUT2D eigenvalue weighted by atomic mass is 10.0. The number of esters is 1. The number of hydrogen-bond acceptors (Lipinski definition) is 6. The van der Waals surface area contributed by atoms with Gasteiger partial charge in [0.05, 0.1) is 17.1 Å². The number of carbonyl (C=O) groups excluding carboxylic acids is 1. The summed E-state index contributed by atoms with van der Waals surface area (Å²) in [6, 6.07) is 3.19. The van der Waals surface area contributed by atoms with Crippen molar-refractivity contribution in [2.75, 3.05) is 18.1 Å². The predicted octanol–water partition coefficient (Wildman–Crippen LogP) is 2.21. The number of carboxylic acid groups (broad SMARTS) is 1. The number of nitro benzene ring substituents is 1. The molecule has 124 valence electrons. The van der Waals surface area contributed by atoms with E-state index in [4.69, 9.17) is 4.74 Å². The summed E-state index contributed by atoms with van der Waals surface area (Å²) in [5.74, 6) is -1.65. The number of piperidine rings is 1. The van der Waals surface area contributed by atoms with E-state index in [1.807, 2.05) is 0 Å². The first-order chi connectivity index (χ1) is 11.0. The number of ether oxygens (including phenoxy) is 1. The van der Waals surface area contributed by atoms with Crippen molar-refractivity contribution >= 4 is 23.3 Å². The number of aliphatic carboxylic acids is 1. The van der Waals surface area contributed by atoms with Crippen LogP contribution in [0.4, 0.5) is 11.4 Å². The van der Waals surface area contributed by atoms with Gasteiger partial charge in [-0.1, -0.05) is 0 Å². The van der Waals surface area contributed by atoms with Gasteiger partial charge in [-0.15, -0.1) is 0 Å². The van der Waals surface area contributed by atoms with Gasteiger partial charge in [-0.05, 0) is 38.3 Å². The van der Waals surface area contributed by atoms with Gasteiger partial charge in [0.25, 0.3) is 5.69 Å². The summed E-state index contributed by atoms with van der Waals surface area (Å²) in [4.78, 5) is 35.4. The van der Waals surface area contributed by atoms with Crippen molar-refractivity contribution in [3.63, 3.8) is 0 Å². The number of carboxylic acids is 1. The number of benzene rings is 1. The standard InChI is InChI=1S/C15H18N2O6/c1-2-23-15(20)10-6-7-11(13(9-10)17(21)22)16-8-4-3-5-12(16)14(18)19/h6-7,9,12H,2-5,8H2,1H3,(H,18,19). The Bertz CT molecular complexity index is 630. The molecule has 0 bridgehead atoms. The fourth-order valence-corrected chi connectivity index (χ4v) is 2.73. The molecule has 23 heavy (non-hydrogen) atoms. The third kappa shape index (κ3) is 3.58. The monoisotopic (exact) mass is 322 g/mol. The van der Waals surface area contributed by atoms with Crippen molar-refractivity contribution < 1.29 is 24.4 Å². The van der Waals surface area contributed by atoms with E-state index in [0.29, 0.717) is 13.0 Å². The maximum atomic E-state index is 11.7. The van der Waals surface area contributed by atoms with Crippen LogP contribution in [-0.4, -0.2) is 41.2 Å². The molecule has 1 heterocycles. The Morgan fingerprint density at radius 1 is 1.43 bits per heavy atom. The Labute approximate surface area is 132 Å². The van der Waals surface area contributed by atoms with Gasteiger partial charge < -0.3 is 14.7 Å². The number of hydrogen-bond donors (Lipinski definition) is 1. The van der Waals surface area contributed by atoms with Gasteiger partial charge in [0, 0.05) is 12.6 Å². The molecule has 8 nitrogen and oxygen atoms in total. The SMILES string of the molecule is CCOC(=O)c1ccc(N2CCCCC2C(=O)O)c([N+](=O)[O-])c1. The summed E-state index contributed by atoms with van der Waals surface area (Å²) in [7, 11) is 0. The van der Waals surface area contributed by atoms with Crippen LogP contribution in [0.15, 0.2) is 18.2 Å². The molecule has 0 amide bonds. The molecule has 0 aliphatic carbocycles. The van der Waals surface area contributed by atoms with Crippen LogP contribution in [0.3, 0.4) is 0 Å². The first-order valence-electron chi connectivity index (χ1n) is 7.40. The summed E-state index contributed by atoms with van der Waals surface area (Å²) >= 11 is 0. The highest BCUT2D eigenvalue weighted by Gasteiger charge is 2.33. The average molecular weight is 322 g/mol. The molecule has 1 aromatic rings. The maximum Gasteiger partial charge on any atom is 0.338 e. The molecule has 0 spiro atoms. The zero-order chi connectivity index (χ0) is 17.0. The van der Waals surface area contributed by atoms with Gasteiger partial charge in [0.15, 0.2) is 0 Å². The van der Waals surface area contributed by atoms with Crippen molar-refractivity contribution in [3.8, 4) is 0 Å². The zero-order valence-electron chi connectivity index (χ0n) is 12.7. The predicted molar refractivity (Wildman–Crippen MR) is 81.7 cm³/mol. The maximum absolute atomic E-state index is 11.7. The van der Waals surface area contributed by atoms with Crippen LogP contribution in [0.2, 0.25) is 0 Å². The second-order valence-corrected chi connectivity index (χ2v) is 5.22. The summed E-state index contributed by atoms with van der Waals surface area (Å²) in [5.41, 5.74) is 0.00466. The molecular formula is C15H18N2O6. The summed E-state index contributed by atoms with van der Waals surface area (Å²) in [6.07, 6.45) is 1.97. The molecule has 0 radical (unpaired) electrons. The molecular weight excluding hydrogens is 304 g/mol. The molecule has 1 aliphatic rings. The fourth-order valence-electron chi connectivity index (χ4n) is 2.73. The molecule has 1 unspecified atom stereocenters. The van der Waals surface area contributed by atoms with E-state index < -0.39 is 22.9 Å². The van der Waals surface area contributed by atoms with Crippen LogP contribution < -0.4 is 4.90 Å². The van der Waals surface area contributed by atoms with Crippen LogP contribution >= 0.6 is 0 Å². The zero-order valence-corrected chi connectivity index (χ0v) is 12.7. The quantitative estimate of drug-likeness (QED) is 0.502. The van der Waals surface area contributed by atoms with Gasteiger partial charge in [0.2, 0.25) is 0 Å². The third-order valence-corrected chi connectivity index (χ3v) is 3.78. The van der Waals surface area contributed by atoms with Crippen molar-refractivity contribution in [1.82, 2.24) is 0 Å². The summed E-state index contributed by atoms with van der Waals surface area (Å²) in [6.45, 7) is 2.24. The van der Waals surface area contributed by atoms with Crippen molar-refractivity contribution in [3.05, 3.63) is 33.9 Å². The number of carbonyl (C=O) groups is 2. The Morgan fingerprint density at radius 2 is 2.17 bits per heavy atom. The molecule has 0 aromatic heterocycles. The first-order valence-corrected chi connectivity index (χ1v) is 7.40. The number of nitro groups is 1. The molecule has 2 rings (SSSR count). The fraction of sp³-hybridized carbons (Fsp3) is 0.467. The molecule has 1 aliphatic heterocycles. The van der Waals surface area contributed by atoms with Crippen LogP contribution in [0, 0.1) is 10.1 Å². The van der Waals surface area contributed by atoms with Gasteiger partial charge in [-0.3, -0.25) is 10.1 Å². The van der Waals surface area contributed by atoms with E-state index in [1.165, 1.54) is 17.0 Å². The number of rotatable bonds is 5. The van der Waals surface area contributed by atoms with Crippen molar-refractivity contribution in [2.24, 2.45) is 0 Å². The lowest BCUT2D eigenvalue weighted by Gasteiger charge is -2.34. The topological polar surface area (TPSA) is 110 Å². The second-order valence-electron chi connectivity index (χ2n) is 5.22. The van der Waals surface area contributed by atoms with E-state index in [-0.39, 0.29) is 23.5 Å². The highest BCUT2D eigenvalue weighted by atomic mass is 16.6. The van der Waals surface area contributed by atoms with Crippen LogP contribution in [0.25, 0.3) is 0 Å². The second kappa shape index (κ2) is 7.08. The molecule has 1 N–H and O–H groups in total. The third-order valence-electron chi connectivity index (χ3n) is 3.78. The molecule has 1 saturated heterocycles. The van der Waals surface area contributed by atoms with Gasteiger partial charge >= 0.3 is 11.9 Å². The van der Waals surface area contributed by atoms with E-state index >= 15 is 0 Å². The summed E-state index contributed by atoms with van der Waals surface area (Å²) in [5, 5.41) is 20.7. The molecule has 1 atom stereocenters.